The van der Waals surface area contributed by atoms with Crippen LogP contribution in [-0.4, -0.2) is 81.7 Å². The van der Waals surface area contributed by atoms with Gasteiger partial charge in [-0.2, -0.15) is 0 Å². The van der Waals surface area contributed by atoms with Crippen molar-refractivity contribution < 1.29 is 25.3 Å². The summed E-state index contributed by atoms with van der Waals surface area (Å²) in [5, 5.41) is 51.2. The lowest BCUT2D eigenvalue weighted by molar-refractivity contribution is 0.000208. The molecule has 0 spiro atoms. The molecule has 0 aromatic carbocycles. The smallest absolute Gasteiger partial charge is 0.131 e. The number of nitrogens with zero attached hydrogens (tertiary/aromatic N) is 1. The Morgan fingerprint density at radius 3 is 2.51 bits per heavy atom. The summed E-state index contributed by atoms with van der Waals surface area (Å²) in [5.74, 6) is 0.853. The highest BCUT2D eigenvalue weighted by Crippen LogP contribution is 2.37. The number of hydroxylamine groups is 1. The second-order valence-electron chi connectivity index (χ2n) is 14.7. The minimum absolute atomic E-state index is 0.0152. The molecule has 1 fully saturated rings. The molecule has 0 saturated carbocycles. The van der Waals surface area contributed by atoms with Crippen molar-refractivity contribution in [3.8, 4) is 0 Å². The van der Waals surface area contributed by atoms with E-state index in [0.717, 1.165) is 92.6 Å². The molecule has 8 atom stereocenters. The standard InChI is InChI=1S/C39H63N5O5/c1-25(11-7-8-12-26(2)46)40-27(3)28(4)41-29(5)30(6)42-34-20-31(23-45)19-32(21-34)24-49-35-15-16-36(37(22-35)43-48)39(47)44-18-17-33-13-9-10-14-38(33)44/h9,13,21,27,29,31,33-35,38-43,45-48H,1-2,4,6-8,10-12,14-20,22-24H2,3,5H3/t27-,29-,31+,33?,34?,35?,38?,39?/m0/s1. The lowest BCUT2D eigenvalue weighted by Gasteiger charge is -2.37. The van der Waals surface area contributed by atoms with Gasteiger partial charge in [-0.1, -0.05) is 44.5 Å². The van der Waals surface area contributed by atoms with E-state index in [1.54, 1.807) is 0 Å². The summed E-state index contributed by atoms with van der Waals surface area (Å²) in [5.41, 5.74) is 7.69. The van der Waals surface area contributed by atoms with Gasteiger partial charge >= 0.3 is 0 Å². The maximum absolute atomic E-state index is 11.4. The number of ether oxygens (including phenoxy) is 1. The van der Waals surface area contributed by atoms with E-state index >= 15 is 0 Å². The van der Waals surface area contributed by atoms with Gasteiger partial charge in [0, 0.05) is 60.9 Å². The highest BCUT2D eigenvalue weighted by molar-refractivity contribution is 5.22. The molecule has 274 valence electrons. The average Bonchev–Trinajstić information content (AvgIpc) is 3.52. The number of nitrogens with one attached hydrogen (secondary N) is 4. The van der Waals surface area contributed by atoms with E-state index in [-0.39, 0.29) is 42.5 Å². The fourth-order valence-corrected chi connectivity index (χ4v) is 7.81. The predicted molar refractivity (Wildman–Crippen MR) is 196 cm³/mol. The van der Waals surface area contributed by atoms with Crippen LogP contribution in [0.15, 0.2) is 84.2 Å². The Kier molecular flexibility index (Phi) is 14.9. The Morgan fingerprint density at radius 1 is 1.02 bits per heavy atom. The first kappa shape index (κ1) is 38.8. The summed E-state index contributed by atoms with van der Waals surface area (Å²) in [6.07, 6.45) is 16.0. The number of hydrogen-bond acceptors (Lipinski definition) is 10. The van der Waals surface area contributed by atoms with Crippen LogP contribution >= 0.6 is 0 Å². The molecular formula is C39H63N5O5. The molecule has 3 aliphatic carbocycles. The van der Waals surface area contributed by atoms with Gasteiger partial charge in [-0.05, 0) is 101 Å². The molecule has 1 saturated heterocycles. The van der Waals surface area contributed by atoms with Crippen LogP contribution < -0.4 is 21.4 Å². The number of likely N-dealkylation sites (tertiary alicyclic amines) is 1. The Labute approximate surface area is 294 Å². The fourth-order valence-electron chi connectivity index (χ4n) is 7.81. The molecule has 0 amide bonds. The Bertz CT molecular complexity index is 1260. The molecule has 4 aliphatic rings. The third-order valence-corrected chi connectivity index (χ3v) is 10.7. The Hall–Kier alpha value is -3.02. The average molecular weight is 682 g/mol. The van der Waals surface area contributed by atoms with Crippen LogP contribution in [0.25, 0.3) is 0 Å². The van der Waals surface area contributed by atoms with Crippen molar-refractivity contribution in [2.24, 2.45) is 11.8 Å². The SMILES string of the molecule is C=C(O)CCCCC(=C)N[C@@H](C)C(=C)N[C@@H](C)C(=C)NC1C=C(COC2CCC(C(O)N3CCC4C=CCCC43)=C(NO)C2)C[C@@H](CO)C1. The van der Waals surface area contributed by atoms with Crippen LogP contribution in [0.3, 0.4) is 0 Å². The number of unbranched alkanes of at least 4 members (excludes halogenated alkanes) is 1. The van der Waals surface area contributed by atoms with Crippen molar-refractivity contribution in [3.63, 3.8) is 0 Å². The molecule has 49 heavy (non-hydrogen) atoms. The van der Waals surface area contributed by atoms with E-state index in [2.05, 4.69) is 70.9 Å². The zero-order chi connectivity index (χ0) is 35.5. The summed E-state index contributed by atoms with van der Waals surface area (Å²) in [6, 6.07) is 0.277. The molecule has 0 bridgehead atoms. The molecule has 1 aliphatic heterocycles. The molecule has 10 heteroatoms. The predicted octanol–water partition coefficient (Wildman–Crippen LogP) is 5.56. The zero-order valence-corrected chi connectivity index (χ0v) is 29.9. The molecule has 4 rings (SSSR count). The maximum atomic E-state index is 11.4. The van der Waals surface area contributed by atoms with Crippen molar-refractivity contribution in [1.29, 1.82) is 0 Å². The highest BCUT2D eigenvalue weighted by Gasteiger charge is 2.39. The van der Waals surface area contributed by atoms with Crippen LogP contribution in [-0.2, 0) is 4.74 Å². The van der Waals surface area contributed by atoms with Crippen molar-refractivity contribution in [2.75, 3.05) is 19.8 Å². The molecule has 1 heterocycles. The van der Waals surface area contributed by atoms with Gasteiger partial charge in [0.1, 0.15) is 6.23 Å². The van der Waals surface area contributed by atoms with Crippen LogP contribution in [0, 0.1) is 11.8 Å². The van der Waals surface area contributed by atoms with Gasteiger partial charge in [-0.15, -0.1) is 0 Å². The van der Waals surface area contributed by atoms with E-state index in [9.17, 15) is 20.5 Å². The molecule has 10 nitrogen and oxygen atoms in total. The lowest BCUT2D eigenvalue weighted by Crippen LogP contribution is -2.44. The van der Waals surface area contributed by atoms with Crippen LogP contribution in [0.4, 0.5) is 0 Å². The monoisotopic (exact) mass is 681 g/mol. The number of allylic oxidation sites excluding steroid dienone is 3. The lowest BCUT2D eigenvalue weighted by atomic mass is 9.86. The quantitative estimate of drug-likeness (QED) is 0.0356. The number of fused-ring (bicyclic) bond motifs is 1. The first-order valence-corrected chi connectivity index (χ1v) is 18.3. The summed E-state index contributed by atoms with van der Waals surface area (Å²) in [6.45, 7) is 21.7. The van der Waals surface area contributed by atoms with Crippen molar-refractivity contribution >= 4 is 0 Å². The van der Waals surface area contributed by atoms with Gasteiger partial charge in [0.15, 0.2) is 0 Å². The van der Waals surface area contributed by atoms with Gasteiger partial charge in [0.05, 0.1) is 30.6 Å². The number of rotatable bonds is 20. The Balaban J connectivity index is 1.25. The van der Waals surface area contributed by atoms with E-state index in [4.69, 9.17) is 4.74 Å². The molecule has 5 unspecified atom stereocenters. The first-order valence-electron chi connectivity index (χ1n) is 18.3. The molecule has 0 aromatic rings. The van der Waals surface area contributed by atoms with E-state index in [1.807, 2.05) is 13.8 Å². The summed E-state index contributed by atoms with van der Waals surface area (Å²) >= 11 is 0. The second-order valence-corrected chi connectivity index (χ2v) is 14.7. The van der Waals surface area contributed by atoms with Crippen molar-refractivity contribution in [2.45, 2.75) is 127 Å². The van der Waals surface area contributed by atoms with Gasteiger partial charge in [-0.3, -0.25) is 15.6 Å². The number of hydrogen-bond donors (Lipinski definition) is 8. The largest absolute Gasteiger partial charge is 0.513 e. The Morgan fingerprint density at radius 2 is 1.78 bits per heavy atom. The first-order chi connectivity index (χ1) is 23.5. The second kappa shape index (κ2) is 18.8. The van der Waals surface area contributed by atoms with Gasteiger partial charge < -0.3 is 36.0 Å². The summed E-state index contributed by atoms with van der Waals surface area (Å²) < 4.78 is 6.40. The number of aliphatic hydroxyl groups excluding tert-OH is 3. The minimum Gasteiger partial charge on any atom is -0.513 e. The zero-order valence-electron chi connectivity index (χ0n) is 29.9. The van der Waals surface area contributed by atoms with E-state index in [1.165, 1.54) is 0 Å². The van der Waals surface area contributed by atoms with Crippen molar-refractivity contribution in [1.82, 2.24) is 26.3 Å². The topological polar surface area (TPSA) is 142 Å². The molecular weight excluding hydrogens is 618 g/mol. The third kappa shape index (κ3) is 11.2. The van der Waals surface area contributed by atoms with Crippen LogP contribution in [0.2, 0.25) is 0 Å². The normalized spacial score (nSPS) is 27.4. The van der Waals surface area contributed by atoms with Crippen molar-refractivity contribution in [3.05, 3.63) is 84.2 Å². The van der Waals surface area contributed by atoms with Gasteiger partial charge in [-0.25, -0.2) is 0 Å². The number of aliphatic hydroxyl groups is 3. The van der Waals surface area contributed by atoms with Crippen LogP contribution in [0.1, 0.15) is 90.9 Å². The third-order valence-electron chi connectivity index (χ3n) is 10.7. The summed E-state index contributed by atoms with van der Waals surface area (Å²) in [4.78, 5) is 2.22. The summed E-state index contributed by atoms with van der Waals surface area (Å²) in [7, 11) is 0. The molecule has 0 aromatic heterocycles. The van der Waals surface area contributed by atoms with Gasteiger partial charge in [0.25, 0.3) is 0 Å². The van der Waals surface area contributed by atoms with E-state index < -0.39 is 6.23 Å². The molecule has 8 N–H and O–H groups in total. The van der Waals surface area contributed by atoms with Crippen LogP contribution in [0.5, 0.6) is 0 Å². The minimum atomic E-state index is -0.689. The highest BCUT2D eigenvalue weighted by atomic mass is 16.5. The fraction of sp³-hybridized carbons (Fsp3) is 0.641. The molecule has 0 radical (unpaired) electrons. The maximum Gasteiger partial charge on any atom is 0.131 e. The van der Waals surface area contributed by atoms with Gasteiger partial charge in [0.2, 0.25) is 0 Å². The van der Waals surface area contributed by atoms with E-state index in [0.29, 0.717) is 43.5 Å².